The van der Waals surface area contributed by atoms with Gasteiger partial charge in [-0.1, -0.05) is 0 Å². The molecule has 0 bridgehead atoms. The summed E-state index contributed by atoms with van der Waals surface area (Å²) < 4.78 is 3.20. The lowest BCUT2D eigenvalue weighted by molar-refractivity contribution is 0.0691. The molecule has 2 aliphatic carbocycles. The summed E-state index contributed by atoms with van der Waals surface area (Å²) in [6, 6.07) is 7.43. The molecule has 0 saturated heterocycles. The maximum atomic E-state index is 11.4. The molecule has 0 unspecified atom stereocenters. The molecule has 0 aromatic carbocycles. The molecule has 0 atom stereocenters. The lowest BCUT2D eigenvalue weighted by atomic mass is 10.2. The summed E-state index contributed by atoms with van der Waals surface area (Å²) in [6.07, 6.45) is 9.55. The zero-order valence-electron chi connectivity index (χ0n) is 26.7. The largest absolute Gasteiger partial charge is 0.493 e. The van der Waals surface area contributed by atoms with Gasteiger partial charge in [-0.2, -0.15) is 19.2 Å². The van der Waals surface area contributed by atoms with E-state index in [1.807, 2.05) is 6.07 Å². The van der Waals surface area contributed by atoms with Crippen LogP contribution in [0.1, 0.15) is 61.1 Å². The molecule has 262 valence electrons. The number of carbonyl (C=O) groups is 3. The van der Waals surface area contributed by atoms with Gasteiger partial charge in [-0.15, -0.1) is 22.7 Å². The SMILES string of the molecule is O=C(O)c1cc(-c2cc(=NC3CC3)n3ncc(=Cc4[nH]c(=O)[nH]c4O)c3n2)cs1.O=Cc1cnn2c(NC3CC3)cc(-c3csc(C(=O)O)c3)nc12. The number of hydrogen-bond acceptors (Lipinski definition) is 13. The number of carboxylic acids is 2. The van der Waals surface area contributed by atoms with E-state index in [2.05, 4.69) is 40.4 Å². The van der Waals surface area contributed by atoms with Gasteiger partial charge in [0.1, 0.15) is 21.3 Å². The Hall–Kier alpha value is -6.47. The standard InChI is InChI=1S/C18H14N6O4S.C15H12N4O3S/c25-16-12(22-18(28)23-16)3-8-6-19-24-14(20-10-1-2-10)5-11(21-15(8)24)9-4-13(17(26)27)29-7-9;20-6-9-5-16-19-13(17-10-1-2-10)4-11(18-14(9)19)8-3-12(15(21)22)23-7-8/h3-7,10,25H,1-2H2,(H,26,27)(H2,22,23,28);3-7,10,17H,1-2H2,(H,21,22). The molecule has 9 rings (SSSR count). The predicted octanol–water partition coefficient (Wildman–Crippen LogP) is 3.03. The number of aromatic nitrogens is 8. The minimum Gasteiger partial charge on any atom is -0.493 e. The zero-order valence-corrected chi connectivity index (χ0v) is 28.3. The van der Waals surface area contributed by atoms with Crippen LogP contribution in [0.2, 0.25) is 0 Å². The highest BCUT2D eigenvalue weighted by Gasteiger charge is 2.24. The Kier molecular flexibility index (Phi) is 8.19. The molecule has 0 spiro atoms. The molecular formula is C33H26N10O7S2. The normalized spacial score (nSPS) is 14.8. The van der Waals surface area contributed by atoms with E-state index in [9.17, 15) is 29.4 Å². The molecule has 2 aliphatic rings. The Labute approximate surface area is 298 Å². The van der Waals surface area contributed by atoms with Crippen molar-refractivity contribution in [3.8, 4) is 28.4 Å². The highest BCUT2D eigenvalue weighted by Crippen LogP contribution is 2.31. The van der Waals surface area contributed by atoms with E-state index in [4.69, 9.17) is 5.11 Å². The van der Waals surface area contributed by atoms with E-state index in [1.54, 1.807) is 50.3 Å². The number of anilines is 1. The number of imidazole rings is 1. The first-order chi connectivity index (χ1) is 25.1. The smallest absolute Gasteiger partial charge is 0.345 e. The van der Waals surface area contributed by atoms with Gasteiger partial charge in [-0.05, 0) is 43.9 Å². The van der Waals surface area contributed by atoms with Gasteiger partial charge in [0.2, 0.25) is 5.88 Å². The van der Waals surface area contributed by atoms with Gasteiger partial charge < -0.3 is 25.6 Å². The molecule has 0 radical (unpaired) electrons. The number of aromatic amines is 2. The van der Waals surface area contributed by atoms with Crippen LogP contribution in [-0.2, 0) is 0 Å². The Morgan fingerprint density at radius 2 is 1.54 bits per heavy atom. The number of nitrogens with one attached hydrogen (secondary N) is 3. The van der Waals surface area contributed by atoms with Crippen molar-refractivity contribution in [2.24, 2.45) is 4.99 Å². The van der Waals surface area contributed by atoms with E-state index in [0.717, 1.165) is 60.5 Å². The molecule has 0 amide bonds. The van der Waals surface area contributed by atoms with Crippen molar-refractivity contribution in [3.63, 3.8) is 0 Å². The van der Waals surface area contributed by atoms with Gasteiger partial charge in [0.05, 0.1) is 35.4 Å². The Balaban J connectivity index is 0.000000153. The van der Waals surface area contributed by atoms with Crippen LogP contribution in [0.25, 0.3) is 39.9 Å². The molecule has 19 heteroatoms. The molecule has 2 saturated carbocycles. The lowest BCUT2D eigenvalue weighted by Crippen LogP contribution is -2.19. The number of rotatable bonds is 9. The van der Waals surface area contributed by atoms with Crippen molar-refractivity contribution in [3.05, 3.63) is 89.6 Å². The van der Waals surface area contributed by atoms with Crippen molar-refractivity contribution < 1.29 is 29.7 Å². The third-order valence-electron chi connectivity index (χ3n) is 8.14. The molecule has 17 nitrogen and oxygen atoms in total. The second-order valence-corrected chi connectivity index (χ2v) is 13.9. The topological polar surface area (TPSA) is 245 Å². The van der Waals surface area contributed by atoms with E-state index in [1.165, 1.54) is 6.20 Å². The summed E-state index contributed by atoms with van der Waals surface area (Å²) in [5.41, 5.74) is 4.22. The van der Waals surface area contributed by atoms with E-state index >= 15 is 0 Å². The third kappa shape index (κ3) is 6.56. The molecule has 7 aromatic heterocycles. The van der Waals surface area contributed by atoms with E-state index in [0.29, 0.717) is 56.1 Å². The Morgan fingerprint density at radius 1 is 0.885 bits per heavy atom. The number of hydrogen-bond donors (Lipinski definition) is 6. The number of H-pyrrole nitrogens is 2. The second kappa shape index (κ2) is 13.0. The number of fused-ring (bicyclic) bond motifs is 2. The van der Waals surface area contributed by atoms with Crippen molar-refractivity contribution >= 4 is 64.1 Å². The second-order valence-electron chi connectivity index (χ2n) is 12.1. The summed E-state index contributed by atoms with van der Waals surface area (Å²) in [7, 11) is 0. The number of aromatic hydroxyl groups is 1. The highest BCUT2D eigenvalue weighted by molar-refractivity contribution is 7.12. The van der Waals surface area contributed by atoms with Crippen molar-refractivity contribution in [2.75, 3.05) is 5.32 Å². The van der Waals surface area contributed by atoms with Gasteiger partial charge in [0.15, 0.2) is 23.1 Å². The first-order valence-corrected chi connectivity index (χ1v) is 17.6. The number of carboxylic acid groups (broad SMARTS) is 2. The van der Waals surface area contributed by atoms with Gasteiger partial charge in [-0.25, -0.2) is 24.4 Å². The molecule has 52 heavy (non-hydrogen) atoms. The van der Waals surface area contributed by atoms with Gasteiger partial charge in [0.25, 0.3) is 0 Å². The molecule has 2 fully saturated rings. The van der Waals surface area contributed by atoms with Crippen LogP contribution < -0.4 is 21.7 Å². The Bertz CT molecular complexity index is 2730. The van der Waals surface area contributed by atoms with Crippen LogP contribution >= 0.6 is 22.7 Å². The van der Waals surface area contributed by atoms with Crippen molar-refractivity contribution in [2.45, 2.75) is 37.8 Å². The van der Waals surface area contributed by atoms with Crippen LogP contribution in [0.3, 0.4) is 0 Å². The minimum absolute atomic E-state index is 0.210. The fraction of sp³-hybridized carbons (Fsp3) is 0.182. The quantitative estimate of drug-likeness (QED) is 0.117. The zero-order chi connectivity index (χ0) is 36.1. The first kappa shape index (κ1) is 32.7. The number of aromatic carboxylic acids is 2. The minimum atomic E-state index is -0.990. The average molecular weight is 739 g/mol. The van der Waals surface area contributed by atoms with Gasteiger partial charge >= 0.3 is 17.6 Å². The van der Waals surface area contributed by atoms with Gasteiger partial charge in [0, 0.05) is 45.3 Å². The Morgan fingerprint density at radius 3 is 2.12 bits per heavy atom. The average Bonchev–Trinajstić information content (AvgIpc) is 3.74. The molecular weight excluding hydrogens is 713 g/mol. The van der Waals surface area contributed by atoms with Crippen LogP contribution in [0.5, 0.6) is 5.88 Å². The maximum absolute atomic E-state index is 11.4. The summed E-state index contributed by atoms with van der Waals surface area (Å²) in [4.78, 5) is 63.9. The fourth-order valence-electron chi connectivity index (χ4n) is 5.26. The summed E-state index contributed by atoms with van der Waals surface area (Å²) in [5, 5.41) is 44.1. The molecule has 7 heterocycles. The third-order valence-corrected chi connectivity index (χ3v) is 9.98. The monoisotopic (exact) mass is 738 g/mol. The van der Waals surface area contributed by atoms with Crippen LogP contribution in [0.15, 0.2) is 57.2 Å². The number of carbonyl (C=O) groups excluding carboxylic acids is 1. The fourth-order valence-corrected chi connectivity index (χ4v) is 6.74. The summed E-state index contributed by atoms with van der Waals surface area (Å²) >= 11 is 2.28. The molecule has 6 N–H and O–H groups in total. The predicted molar refractivity (Wildman–Crippen MR) is 189 cm³/mol. The number of aldehydes is 1. The number of nitrogens with zero attached hydrogens (tertiary/aromatic N) is 7. The van der Waals surface area contributed by atoms with Crippen molar-refractivity contribution in [1.29, 1.82) is 0 Å². The first-order valence-electron chi connectivity index (χ1n) is 15.8. The van der Waals surface area contributed by atoms with E-state index < -0.39 is 17.6 Å². The highest BCUT2D eigenvalue weighted by atomic mass is 32.1. The lowest BCUT2D eigenvalue weighted by Gasteiger charge is -2.09. The van der Waals surface area contributed by atoms with E-state index in [-0.39, 0.29) is 27.4 Å². The maximum Gasteiger partial charge on any atom is 0.345 e. The summed E-state index contributed by atoms with van der Waals surface area (Å²) in [5.74, 6) is -1.48. The molecule has 7 aromatic rings. The van der Waals surface area contributed by atoms with Crippen LogP contribution in [-0.4, -0.2) is 84.8 Å². The van der Waals surface area contributed by atoms with Crippen molar-refractivity contribution in [1.82, 2.24) is 39.2 Å². The van der Waals surface area contributed by atoms with Gasteiger partial charge in [-0.3, -0.25) is 14.8 Å². The molecule has 0 aliphatic heterocycles. The number of thiophene rings is 2. The summed E-state index contributed by atoms with van der Waals surface area (Å²) in [6.45, 7) is 0. The van der Waals surface area contributed by atoms with Crippen LogP contribution in [0, 0.1) is 0 Å². The van der Waals surface area contributed by atoms with Crippen LogP contribution in [0.4, 0.5) is 5.82 Å².